The fraction of sp³-hybridized carbons (Fsp3) is 0.500. The smallest absolute Gasteiger partial charge is 0.248 e. The molecule has 1 atom stereocenters. The van der Waals surface area contributed by atoms with Gasteiger partial charge in [0, 0.05) is 17.7 Å². The molecule has 0 saturated heterocycles. The maximum absolute atomic E-state index is 13.0. The minimum absolute atomic E-state index is 0.0694. The van der Waals surface area contributed by atoms with Crippen molar-refractivity contribution < 1.29 is 9.53 Å². The van der Waals surface area contributed by atoms with Gasteiger partial charge in [-0.25, -0.2) is 0 Å². The van der Waals surface area contributed by atoms with Crippen LogP contribution in [0, 0.1) is 5.41 Å². The molecule has 0 fully saturated rings. The van der Waals surface area contributed by atoms with Crippen molar-refractivity contribution in [3.63, 3.8) is 0 Å². The number of tetrazole rings is 1. The van der Waals surface area contributed by atoms with Crippen LogP contribution < -0.4 is 10.1 Å². The first-order valence-corrected chi connectivity index (χ1v) is 9.52. The number of hydrogen-bond donors (Lipinski definition) is 1. The Morgan fingerprint density at radius 2 is 2.04 bits per heavy atom. The Morgan fingerprint density at radius 1 is 1.26 bits per heavy atom. The Bertz CT molecular complexity index is 882. The standard InChI is InChI=1S/C20H25N5O2/c1-4-5-10-27-14-8-6-13(7-9-14)18-17-15(11-20(2,3)12-16(17)26)21-19-22-23-24-25(18)19/h6-9,18H,4-5,10-12H2,1-3H3,(H,21,22,24). The van der Waals surface area contributed by atoms with Crippen LogP contribution in [0.25, 0.3) is 0 Å². The van der Waals surface area contributed by atoms with Crippen molar-refractivity contribution in [1.82, 2.24) is 20.2 Å². The molecule has 7 nitrogen and oxygen atoms in total. The van der Waals surface area contributed by atoms with Gasteiger partial charge in [-0.2, -0.15) is 4.68 Å². The predicted octanol–water partition coefficient (Wildman–Crippen LogP) is 3.51. The van der Waals surface area contributed by atoms with Crippen LogP contribution in [0.15, 0.2) is 35.5 Å². The summed E-state index contributed by atoms with van der Waals surface area (Å²) in [6.45, 7) is 7.08. The van der Waals surface area contributed by atoms with Gasteiger partial charge in [0.2, 0.25) is 5.95 Å². The second-order valence-electron chi connectivity index (χ2n) is 8.08. The quantitative estimate of drug-likeness (QED) is 0.815. The third kappa shape index (κ3) is 3.34. The number of allylic oxidation sites excluding steroid dienone is 2. The number of carbonyl (C=O) groups excluding carboxylic acids is 1. The van der Waals surface area contributed by atoms with E-state index in [9.17, 15) is 4.79 Å². The van der Waals surface area contributed by atoms with E-state index in [0.717, 1.165) is 41.8 Å². The molecule has 0 amide bonds. The van der Waals surface area contributed by atoms with Gasteiger partial charge in [-0.1, -0.05) is 44.4 Å². The maximum atomic E-state index is 13.0. The average Bonchev–Trinajstić information content (AvgIpc) is 3.08. The molecular formula is C20H25N5O2. The van der Waals surface area contributed by atoms with Crippen LogP contribution in [-0.4, -0.2) is 32.6 Å². The minimum atomic E-state index is -0.306. The highest BCUT2D eigenvalue weighted by Gasteiger charge is 2.41. The van der Waals surface area contributed by atoms with Gasteiger partial charge in [0.1, 0.15) is 11.8 Å². The largest absolute Gasteiger partial charge is 0.494 e. The van der Waals surface area contributed by atoms with E-state index in [0.29, 0.717) is 19.0 Å². The number of fused-ring (bicyclic) bond motifs is 1. The van der Waals surface area contributed by atoms with Crippen LogP contribution in [0.3, 0.4) is 0 Å². The summed E-state index contributed by atoms with van der Waals surface area (Å²) in [7, 11) is 0. The fourth-order valence-electron chi connectivity index (χ4n) is 3.86. The molecule has 2 aromatic rings. The number of ketones is 1. The second kappa shape index (κ2) is 6.79. The molecule has 1 aliphatic heterocycles. The van der Waals surface area contributed by atoms with Crippen molar-refractivity contribution in [2.75, 3.05) is 11.9 Å². The van der Waals surface area contributed by atoms with Gasteiger partial charge in [-0.3, -0.25) is 4.79 Å². The topological polar surface area (TPSA) is 81.9 Å². The van der Waals surface area contributed by atoms with E-state index in [1.54, 1.807) is 4.68 Å². The van der Waals surface area contributed by atoms with E-state index < -0.39 is 0 Å². The molecule has 27 heavy (non-hydrogen) atoms. The first kappa shape index (κ1) is 17.7. The average molecular weight is 367 g/mol. The van der Waals surface area contributed by atoms with Crippen LogP contribution in [-0.2, 0) is 4.79 Å². The zero-order chi connectivity index (χ0) is 19.0. The van der Waals surface area contributed by atoms with E-state index in [4.69, 9.17) is 4.74 Å². The zero-order valence-corrected chi connectivity index (χ0v) is 16.0. The Balaban J connectivity index is 1.70. The monoisotopic (exact) mass is 367 g/mol. The number of nitrogens with zero attached hydrogens (tertiary/aromatic N) is 4. The summed E-state index contributed by atoms with van der Waals surface area (Å²) >= 11 is 0. The van der Waals surface area contributed by atoms with Gasteiger partial charge >= 0.3 is 0 Å². The molecule has 0 bridgehead atoms. The van der Waals surface area contributed by atoms with Crippen molar-refractivity contribution >= 4 is 11.7 Å². The lowest BCUT2D eigenvalue weighted by molar-refractivity contribution is -0.118. The summed E-state index contributed by atoms with van der Waals surface area (Å²) in [4.78, 5) is 13.0. The Morgan fingerprint density at radius 3 is 2.78 bits per heavy atom. The first-order valence-electron chi connectivity index (χ1n) is 9.52. The van der Waals surface area contributed by atoms with E-state index >= 15 is 0 Å². The highest BCUT2D eigenvalue weighted by atomic mass is 16.5. The molecule has 1 unspecified atom stereocenters. The summed E-state index contributed by atoms with van der Waals surface area (Å²) in [6.07, 6.45) is 3.46. The molecule has 0 saturated carbocycles. The Labute approximate surface area is 158 Å². The zero-order valence-electron chi connectivity index (χ0n) is 16.0. The molecule has 0 radical (unpaired) electrons. The van der Waals surface area contributed by atoms with Gasteiger partial charge in [0.05, 0.1) is 6.61 Å². The van der Waals surface area contributed by atoms with E-state index in [1.165, 1.54) is 0 Å². The lowest BCUT2D eigenvalue weighted by atomic mass is 9.73. The van der Waals surface area contributed by atoms with Crippen LogP contribution in [0.5, 0.6) is 5.75 Å². The SMILES string of the molecule is CCCCOc1ccc(C2C3=C(CC(C)(C)CC3=O)Nc3nnnn32)cc1. The van der Waals surface area contributed by atoms with Crippen LogP contribution in [0.2, 0.25) is 0 Å². The molecule has 7 heteroatoms. The number of anilines is 1. The van der Waals surface area contributed by atoms with Crippen molar-refractivity contribution in [1.29, 1.82) is 0 Å². The number of hydrogen-bond acceptors (Lipinski definition) is 6. The summed E-state index contributed by atoms with van der Waals surface area (Å²) < 4.78 is 7.46. The molecule has 1 aromatic carbocycles. The van der Waals surface area contributed by atoms with Gasteiger partial charge in [0.25, 0.3) is 0 Å². The number of unbranched alkanes of at least 4 members (excludes halogenated alkanes) is 1. The lowest BCUT2D eigenvalue weighted by Crippen LogP contribution is -2.36. The number of benzene rings is 1. The maximum Gasteiger partial charge on any atom is 0.248 e. The lowest BCUT2D eigenvalue weighted by Gasteiger charge is -2.37. The number of ether oxygens (including phenoxy) is 1. The molecule has 1 N–H and O–H groups in total. The predicted molar refractivity (Wildman–Crippen MR) is 101 cm³/mol. The van der Waals surface area contributed by atoms with Crippen molar-refractivity contribution in [3.05, 3.63) is 41.1 Å². The summed E-state index contributed by atoms with van der Waals surface area (Å²) in [6, 6.07) is 7.60. The van der Waals surface area contributed by atoms with E-state index in [-0.39, 0.29) is 17.2 Å². The van der Waals surface area contributed by atoms with Crippen LogP contribution >= 0.6 is 0 Å². The number of rotatable bonds is 5. The van der Waals surface area contributed by atoms with Crippen molar-refractivity contribution in [2.45, 2.75) is 52.5 Å². The molecule has 0 spiro atoms. The molecular weight excluding hydrogens is 342 g/mol. The molecule has 4 rings (SSSR count). The van der Waals surface area contributed by atoms with E-state index in [1.807, 2.05) is 24.3 Å². The highest BCUT2D eigenvalue weighted by molar-refractivity contribution is 6.00. The van der Waals surface area contributed by atoms with Gasteiger partial charge in [-0.15, -0.1) is 0 Å². The summed E-state index contributed by atoms with van der Waals surface area (Å²) in [5, 5.41) is 15.3. The Hall–Kier alpha value is -2.70. The van der Waals surface area contributed by atoms with Crippen LogP contribution in [0.4, 0.5) is 5.95 Å². The van der Waals surface area contributed by atoms with Crippen molar-refractivity contribution in [2.24, 2.45) is 5.41 Å². The third-order valence-electron chi connectivity index (χ3n) is 5.16. The molecule has 1 aromatic heterocycles. The summed E-state index contributed by atoms with van der Waals surface area (Å²) in [5.41, 5.74) is 2.62. The van der Waals surface area contributed by atoms with Gasteiger partial charge in [0.15, 0.2) is 5.78 Å². The second-order valence-corrected chi connectivity index (χ2v) is 8.08. The molecule has 142 valence electrons. The fourth-order valence-corrected chi connectivity index (χ4v) is 3.86. The molecule has 2 aliphatic rings. The number of nitrogens with one attached hydrogen (secondary N) is 1. The molecule has 2 heterocycles. The Kier molecular flexibility index (Phi) is 4.45. The first-order chi connectivity index (χ1) is 13.0. The number of Topliss-reactive ketones (excluding diaryl/α,β-unsaturated/α-hetero) is 1. The van der Waals surface area contributed by atoms with Crippen molar-refractivity contribution in [3.8, 4) is 5.75 Å². The number of carbonyl (C=O) groups is 1. The highest BCUT2D eigenvalue weighted by Crippen LogP contribution is 2.45. The van der Waals surface area contributed by atoms with E-state index in [2.05, 4.69) is 41.6 Å². The number of aromatic nitrogens is 4. The third-order valence-corrected chi connectivity index (χ3v) is 5.16. The molecule has 1 aliphatic carbocycles. The normalized spacial score (nSPS) is 20.7. The minimum Gasteiger partial charge on any atom is -0.494 e. The van der Waals surface area contributed by atoms with Crippen LogP contribution in [0.1, 0.15) is 58.1 Å². The van der Waals surface area contributed by atoms with Gasteiger partial charge in [-0.05, 0) is 46.4 Å². The summed E-state index contributed by atoms with van der Waals surface area (Å²) in [5.74, 6) is 1.57. The van der Waals surface area contributed by atoms with Gasteiger partial charge < -0.3 is 10.1 Å².